The Labute approximate surface area is 424 Å². The summed E-state index contributed by atoms with van der Waals surface area (Å²) in [6.45, 7) is 15.7. The quantitative estimate of drug-likeness (QED) is 0.0369. The van der Waals surface area contributed by atoms with Crippen LogP contribution in [0.25, 0.3) is 0 Å². The molecule has 4 rings (SSSR count). The van der Waals surface area contributed by atoms with E-state index in [0.29, 0.717) is 23.5 Å². The number of nitrogens with two attached hydrogens (primary N) is 1. The van der Waals surface area contributed by atoms with Crippen LogP contribution in [0.2, 0.25) is 0 Å². The molecule has 0 radical (unpaired) electrons. The molecule has 0 amide bonds. The fourth-order valence-corrected chi connectivity index (χ4v) is 9.18. The highest BCUT2D eigenvalue weighted by molar-refractivity contribution is 5.67. The Morgan fingerprint density at radius 2 is 0.871 bits per heavy atom. The van der Waals surface area contributed by atoms with E-state index in [-0.39, 0.29) is 0 Å². The monoisotopic (exact) mass is 936 g/mol. The molecule has 2 fully saturated rings. The van der Waals surface area contributed by atoms with Gasteiger partial charge in [-0.1, -0.05) is 53.4 Å². The highest BCUT2D eigenvalue weighted by Crippen LogP contribution is 2.33. The number of terminal acetylenes is 1. The number of nitrogen functional groups attached to an aromatic ring is 1. The maximum absolute atomic E-state index is 6.11. The van der Waals surface area contributed by atoms with Crippen LogP contribution in [0.1, 0.15) is 156 Å². The lowest BCUT2D eigenvalue weighted by Gasteiger charge is -2.37. The molecule has 2 saturated carbocycles. The number of hydrogen-bond donors (Lipinski definition) is 3. The van der Waals surface area contributed by atoms with Gasteiger partial charge >= 0.3 is 0 Å². The van der Waals surface area contributed by atoms with Gasteiger partial charge in [-0.15, -0.1) is 6.42 Å². The van der Waals surface area contributed by atoms with Crippen molar-refractivity contribution in [3.8, 4) is 107 Å². The third-order valence-corrected chi connectivity index (χ3v) is 13.1. The summed E-state index contributed by atoms with van der Waals surface area (Å²) in [6.07, 6.45) is 30.3. The molecule has 70 heavy (non-hydrogen) atoms. The van der Waals surface area contributed by atoms with Crippen LogP contribution in [0.5, 0.6) is 0 Å². The molecule has 0 aliphatic heterocycles. The summed E-state index contributed by atoms with van der Waals surface area (Å²) < 4.78 is 0. The largest absolute Gasteiger partial charge is 0.399 e. The predicted octanol–water partition coefficient (Wildman–Crippen LogP) is 10.5. The maximum Gasteiger partial charge on any atom is 0.248 e. The molecule has 0 bridgehead atoms. The van der Waals surface area contributed by atoms with Crippen molar-refractivity contribution in [2.75, 3.05) is 60.5 Å². The van der Waals surface area contributed by atoms with Crippen LogP contribution in [-0.2, 0) is 0 Å². The molecule has 2 aliphatic rings. The summed E-state index contributed by atoms with van der Waals surface area (Å²) in [5.74, 6) is 44.4. The van der Waals surface area contributed by atoms with E-state index in [4.69, 9.17) is 27.1 Å². The fraction of sp³-hybridized carbons (Fsp3) is 0.557. The molecule has 0 saturated heterocycles. The number of hydrogen-bond acceptors (Lipinski definition) is 9. The predicted molar refractivity (Wildman–Crippen MR) is 294 cm³/mol. The lowest BCUT2D eigenvalue weighted by atomic mass is 9.82. The molecule has 0 atom stereocenters. The smallest absolute Gasteiger partial charge is 0.248 e. The van der Waals surface area contributed by atoms with E-state index in [1.807, 2.05) is 24.3 Å². The Bertz CT molecular complexity index is 2350. The van der Waals surface area contributed by atoms with Gasteiger partial charge in [0, 0.05) is 84.3 Å². The molecule has 2 aliphatic carbocycles. The van der Waals surface area contributed by atoms with Crippen LogP contribution >= 0.6 is 0 Å². The Kier molecular flexibility index (Phi) is 28.4. The van der Waals surface area contributed by atoms with Crippen LogP contribution in [-0.4, -0.2) is 76.1 Å². The van der Waals surface area contributed by atoms with E-state index in [1.54, 1.807) is 4.90 Å². The molecule has 0 unspecified atom stereocenters. The van der Waals surface area contributed by atoms with E-state index < -0.39 is 0 Å². The van der Waals surface area contributed by atoms with Crippen LogP contribution < -0.4 is 21.3 Å². The van der Waals surface area contributed by atoms with E-state index >= 15 is 0 Å². The molecule has 4 N–H and O–H groups in total. The van der Waals surface area contributed by atoms with Crippen LogP contribution in [0.4, 0.5) is 29.2 Å². The zero-order valence-corrected chi connectivity index (χ0v) is 42.8. The summed E-state index contributed by atoms with van der Waals surface area (Å²) in [7, 11) is 0. The average molecular weight is 936 g/mol. The topological polar surface area (TPSA) is 98.5 Å². The van der Waals surface area contributed by atoms with Crippen LogP contribution in [0.3, 0.4) is 0 Å². The van der Waals surface area contributed by atoms with Crippen LogP contribution in [0, 0.1) is 119 Å². The molecule has 1 heterocycles. The van der Waals surface area contributed by atoms with E-state index in [9.17, 15) is 0 Å². The number of unbranched alkanes of at least 4 members (excludes halogenated alkanes) is 4. The summed E-state index contributed by atoms with van der Waals surface area (Å²) in [5, 5.41) is 7.11. The maximum atomic E-state index is 6.11. The number of nitrogens with zero attached hydrogens (tertiary/aromatic N) is 6. The summed E-state index contributed by atoms with van der Waals surface area (Å²) in [5.41, 5.74) is 7.49. The fourth-order valence-electron chi connectivity index (χ4n) is 9.18. The third-order valence-electron chi connectivity index (χ3n) is 13.1. The minimum Gasteiger partial charge on any atom is -0.399 e. The first-order chi connectivity index (χ1) is 34.5. The van der Waals surface area contributed by atoms with Gasteiger partial charge in [0.15, 0.2) is 0 Å². The van der Waals surface area contributed by atoms with Crippen molar-refractivity contribution < 1.29 is 0 Å². The molecule has 9 nitrogen and oxygen atoms in total. The number of anilines is 5. The van der Waals surface area contributed by atoms with Crippen molar-refractivity contribution in [3.63, 3.8) is 0 Å². The Balaban J connectivity index is 1.45. The summed E-state index contributed by atoms with van der Waals surface area (Å²) in [4.78, 5) is 22.0. The Morgan fingerprint density at radius 3 is 1.24 bits per heavy atom. The highest BCUT2D eigenvalue weighted by Gasteiger charge is 2.27. The van der Waals surface area contributed by atoms with Gasteiger partial charge in [-0.05, 0) is 212 Å². The van der Waals surface area contributed by atoms with Gasteiger partial charge in [0.2, 0.25) is 17.8 Å². The second-order valence-electron chi connectivity index (χ2n) is 18.3. The van der Waals surface area contributed by atoms with Gasteiger partial charge in [-0.3, -0.25) is 0 Å². The number of benzene rings is 1. The van der Waals surface area contributed by atoms with Crippen molar-refractivity contribution in [3.05, 3.63) is 24.3 Å². The second kappa shape index (κ2) is 35.5. The zero-order valence-electron chi connectivity index (χ0n) is 42.8. The van der Waals surface area contributed by atoms with Gasteiger partial charge in [0.05, 0.1) is 5.69 Å². The van der Waals surface area contributed by atoms with Crippen LogP contribution in [0.15, 0.2) is 24.3 Å². The summed E-state index contributed by atoms with van der Waals surface area (Å²) in [6, 6.07) is 12.1. The SMILES string of the molecule is C#CC#CC#CC#CC#CC#CC#CC#CC#CN(c1ccc(N)cc1)c1nc(NCCCC2CCC(N(CCCC)CCCC)CC2)nc(NCCCC2CCC(N(CCCC)CCCC)CC2)n1. The standard InChI is InChI=1S/C61H77N9/c1-6-11-16-17-18-19-20-21-22-23-24-25-26-27-28-29-52-70(58-44-38-55(62)39-45-58)61-66-59(63-46-30-32-53-34-40-56(41-35-53)68(48-12-7-2)49-13-8-3)65-60(67-61)64-47-31-33-54-36-42-57(43-37-54)69(50-14-9-4)51-15-10-5/h1,38-39,44-45,53-54,56-57H,7-10,12-15,30-37,40-43,46-51,62H2,2-5H3,(H2,63,64,65,66,67). The molecule has 9 heteroatoms. The molecule has 1 aromatic carbocycles. The average Bonchev–Trinajstić information content (AvgIpc) is 3.38. The molecular weight excluding hydrogens is 859 g/mol. The van der Waals surface area contributed by atoms with Gasteiger partial charge in [0.1, 0.15) is 0 Å². The van der Waals surface area contributed by atoms with Crippen molar-refractivity contribution in [2.24, 2.45) is 11.8 Å². The third kappa shape index (κ3) is 22.7. The Morgan fingerprint density at radius 1 is 0.500 bits per heavy atom. The van der Waals surface area contributed by atoms with Gasteiger partial charge in [0.25, 0.3) is 0 Å². The second-order valence-corrected chi connectivity index (χ2v) is 18.3. The minimum atomic E-state index is 0.382. The molecule has 366 valence electrons. The first-order valence-electron chi connectivity index (χ1n) is 26.3. The number of rotatable bonds is 26. The lowest BCUT2D eigenvalue weighted by molar-refractivity contribution is 0.130. The summed E-state index contributed by atoms with van der Waals surface area (Å²) >= 11 is 0. The first-order valence-corrected chi connectivity index (χ1v) is 26.3. The molecule has 1 aromatic heterocycles. The number of nitrogens with one attached hydrogen (secondary N) is 2. The van der Waals surface area contributed by atoms with Crippen molar-refractivity contribution in [1.82, 2.24) is 24.8 Å². The molecule has 0 spiro atoms. The molecule has 2 aromatic rings. The van der Waals surface area contributed by atoms with Gasteiger partial charge in [-0.25, -0.2) is 4.90 Å². The zero-order chi connectivity index (χ0) is 49.7. The van der Waals surface area contributed by atoms with E-state index in [0.717, 1.165) is 55.5 Å². The van der Waals surface area contributed by atoms with E-state index in [1.165, 1.54) is 142 Å². The first kappa shape index (κ1) is 56.0. The lowest BCUT2D eigenvalue weighted by Crippen LogP contribution is -2.39. The van der Waals surface area contributed by atoms with Gasteiger partial charge in [-0.2, -0.15) is 15.0 Å². The van der Waals surface area contributed by atoms with E-state index in [2.05, 4.69) is 149 Å². The number of aromatic nitrogens is 3. The van der Waals surface area contributed by atoms with Crippen molar-refractivity contribution in [1.29, 1.82) is 0 Å². The molecular formula is C61H77N9. The minimum absolute atomic E-state index is 0.382. The van der Waals surface area contributed by atoms with Crippen molar-refractivity contribution in [2.45, 2.75) is 168 Å². The van der Waals surface area contributed by atoms with Gasteiger partial charge < -0.3 is 26.2 Å². The highest BCUT2D eigenvalue weighted by atomic mass is 15.3. The Hall–Kier alpha value is -6.61. The normalized spacial score (nSPS) is 16.5. The van der Waals surface area contributed by atoms with Crippen molar-refractivity contribution >= 4 is 29.2 Å².